The predicted octanol–water partition coefficient (Wildman–Crippen LogP) is 2.26. The highest BCUT2D eigenvalue weighted by Crippen LogP contribution is 2.42. The van der Waals surface area contributed by atoms with Crippen molar-refractivity contribution in [1.29, 1.82) is 0 Å². The Morgan fingerprint density at radius 2 is 1.97 bits per heavy atom. The average Bonchev–Trinajstić information content (AvgIpc) is 3.37. The molecule has 1 saturated heterocycles. The molecule has 1 aromatic carbocycles. The number of likely N-dealkylation sites (N-methyl/N-ethyl adjacent to an activating group) is 1. The van der Waals surface area contributed by atoms with E-state index >= 15 is 0 Å². The first kappa shape index (κ1) is 20.2. The number of carbonyl (C=O) groups excluding carboxylic acids is 2. The summed E-state index contributed by atoms with van der Waals surface area (Å²) in [5.41, 5.74) is 7.00. The van der Waals surface area contributed by atoms with Crippen molar-refractivity contribution >= 4 is 23.2 Å². The summed E-state index contributed by atoms with van der Waals surface area (Å²) in [6, 6.07) is 6.42. The molecule has 2 amide bonds. The van der Waals surface area contributed by atoms with Crippen LogP contribution >= 0.6 is 0 Å². The molecule has 0 spiro atoms. The van der Waals surface area contributed by atoms with E-state index in [-0.39, 0.29) is 23.8 Å². The Morgan fingerprint density at radius 1 is 1.16 bits per heavy atom. The van der Waals surface area contributed by atoms with Crippen LogP contribution in [0.4, 0.5) is 11.4 Å². The number of fused-ring (bicyclic) bond motifs is 1. The molecule has 1 aliphatic carbocycles. The molecule has 2 fully saturated rings. The quantitative estimate of drug-likeness (QED) is 0.818. The van der Waals surface area contributed by atoms with Crippen molar-refractivity contribution in [2.45, 2.75) is 51.7 Å². The van der Waals surface area contributed by atoms with Crippen LogP contribution in [0.1, 0.15) is 33.1 Å². The molecule has 1 saturated carbocycles. The fourth-order valence-corrected chi connectivity index (χ4v) is 4.82. The molecule has 8 nitrogen and oxygen atoms in total. The van der Waals surface area contributed by atoms with Crippen LogP contribution < -0.4 is 15.2 Å². The van der Waals surface area contributed by atoms with Gasteiger partial charge in [-0.15, -0.1) is 0 Å². The Kier molecular flexibility index (Phi) is 5.06. The fraction of sp³-hybridized carbons (Fsp3) is 0.522. The largest absolute Gasteiger partial charge is 0.308 e. The van der Waals surface area contributed by atoms with E-state index in [1.807, 2.05) is 45.8 Å². The van der Waals surface area contributed by atoms with Crippen LogP contribution in [-0.2, 0) is 16.1 Å². The molecule has 3 aliphatic rings. The highest BCUT2D eigenvalue weighted by Gasteiger charge is 2.39. The number of hydrogen-bond acceptors (Lipinski definition) is 5. The summed E-state index contributed by atoms with van der Waals surface area (Å²) in [5.74, 6) is 0.315. The number of hydrazine groups is 1. The Bertz CT molecular complexity index is 1010. The molecule has 2 aliphatic heterocycles. The molecular formula is C23H30N6O2. The first-order chi connectivity index (χ1) is 14.9. The molecule has 8 heteroatoms. The normalized spacial score (nSPS) is 23.8. The molecule has 2 atom stereocenters. The summed E-state index contributed by atoms with van der Waals surface area (Å²) in [6.45, 7) is 5.95. The number of anilines is 2. The molecule has 2 aromatic rings. The molecule has 164 valence electrons. The maximum atomic E-state index is 13.0. The number of amides is 2. The van der Waals surface area contributed by atoms with Gasteiger partial charge in [0.1, 0.15) is 0 Å². The van der Waals surface area contributed by atoms with Crippen molar-refractivity contribution < 1.29 is 9.59 Å². The number of carbonyl (C=O) groups is 2. The number of hydrogen-bond donors (Lipinski definition) is 1. The highest BCUT2D eigenvalue weighted by atomic mass is 16.2. The van der Waals surface area contributed by atoms with Crippen molar-refractivity contribution in [1.82, 2.24) is 20.2 Å². The number of benzene rings is 1. The summed E-state index contributed by atoms with van der Waals surface area (Å²) in [4.78, 5) is 29.1. The zero-order chi connectivity index (χ0) is 21.7. The minimum Gasteiger partial charge on any atom is -0.308 e. The van der Waals surface area contributed by atoms with Gasteiger partial charge in [0.15, 0.2) is 0 Å². The Hall–Kier alpha value is -2.71. The lowest BCUT2D eigenvalue weighted by Gasteiger charge is -2.41. The minimum absolute atomic E-state index is 0.00198. The lowest BCUT2D eigenvalue weighted by atomic mass is 10.0. The number of nitrogens with zero attached hydrogens (tertiary/aromatic N) is 5. The maximum Gasteiger partial charge on any atom is 0.230 e. The van der Waals surface area contributed by atoms with Crippen molar-refractivity contribution in [3.8, 4) is 11.1 Å². The average molecular weight is 423 g/mol. The zero-order valence-electron chi connectivity index (χ0n) is 18.4. The Balaban J connectivity index is 1.47. The van der Waals surface area contributed by atoms with Crippen LogP contribution in [0, 0.1) is 5.92 Å². The summed E-state index contributed by atoms with van der Waals surface area (Å²) in [7, 11) is 2.07. The number of rotatable bonds is 4. The molecular weight excluding hydrogens is 392 g/mol. The van der Waals surface area contributed by atoms with Gasteiger partial charge in [0, 0.05) is 50.8 Å². The van der Waals surface area contributed by atoms with E-state index in [9.17, 15) is 9.59 Å². The summed E-state index contributed by atoms with van der Waals surface area (Å²) in [6.07, 6.45) is 6.97. The van der Waals surface area contributed by atoms with Crippen LogP contribution in [0.2, 0.25) is 0 Å². The van der Waals surface area contributed by atoms with Gasteiger partial charge in [0.2, 0.25) is 11.8 Å². The van der Waals surface area contributed by atoms with E-state index < -0.39 is 0 Å². The van der Waals surface area contributed by atoms with E-state index in [1.54, 1.807) is 6.92 Å². The smallest absolute Gasteiger partial charge is 0.230 e. The first-order valence-electron chi connectivity index (χ1n) is 11.2. The topological polar surface area (TPSA) is 73.7 Å². The van der Waals surface area contributed by atoms with Gasteiger partial charge in [-0.05, 0) is 43.9 Å². The lowest BCUT2D eigenvalue weighted by Crippen LogP contribution is -2.51. The second kappa shape index (κ2) is 7.76. The van der Waals surface area contributed by atoms with Crippen molar-refractivity contribution in [2.75, 3.05) is 29.9 Å². The van der Waals surface area contributed by atoms with Crippen LogP contribution in [0.5, 0.6) is 0 Å². The Morgan fingerprint density at radius 3 is 2.65 bits per heavy atom. The maximum absolute atomic E-state index is 13.0. The fourth-order valence-electron chi connectivity index (χ4n) is 4.82. The van der Waals surface area contributed by atoms with Gasteiger partial charge in [0.25, 0.3) is 0 Å². The van der Waals surface area contributed by atoms with Crippen LogP contribution in [0.3, 0.4) is 0 Å². The van der Waals surface area contributed by atoms with Gasteiger partial charge >= 0.3 is 0 Å². The molecule has 1 N–H and O–H groups in total. The third kappa shape index (κ3) is 3.74. The van der Waals surface area contributed by atoms with Crippen LogP contribution in [0.25, 0.3) is 11.1 Å². The van der Waals surface area contributed by atoms with Crippen molar-refractivity contribution in [3.05, 3.63) is 30.6 Å². The van der Waals surface area contributed by atoms with Gasteiger partial charge in [-0.25, -0.2) is 5.01 Å². The molecule has 0 bridgehead atoms. The number of aromatic nitrogens is 2. The minimum atomic E-state index is -0.0432. The van der Waals surface area contributed by atoms with Gasteiger partial charge in [-0.1, -0.05) is 6.07 Å². The summed E-state index contributed by atoms with van der Waals surface area (Å²) < 4.78 is 1.99. The SMILES string of the molecule is CC(=O)N1c2ccc(-c3cnn(CC4CCNN4C)c3)cc2N(C(=O)C2CC2)C[C@@H]1C. The third-order valence-corrected chi connectivity index (χ3v) is 6.70. The van der Waals surface area contributed by atoms with E-state index in [0.717, 1.165) is 54.9 Å². The van der Waals surface area contributed by atoms with E-state index in [4.69, 9.17) is 0 Å². The second-order valence-corrected chi connectivity index (χ2v) is 9.08. The summed E-state index contributed by atoms with van der Waals surface area (Å²) in [5, 5.41) is 6.72. The molecule has 3 heterocycles. The molecule has 31 heavy (non-hydrogen) atoms. The van der Waals surface area contributed by atoms with Crippen molar-refractivity contribution in [3.63, 3.8) is 0 Å². The van der Waals surface area contributed by atoms with Gasteiger partial charge in [0.05, 0.1) is 30.2 Å². The summed E-state index contributed by atoms with van der Waals surface area (Å²) >= 11 is 0. The molecule has 0 radical (unpaired) electrons. The molecule has 1 unspecified atom stereocenters. The van der Waals surface area contributed by atoms with Crippen molar-refractivity contribution in [2.24, 2.45) is 5.92 Å². The molecule has 1 aromatic heterocycles. The molecule has 5 rings (SSSR count). The van der Waals surface area contributed by atoms with Gasteiger partial charge in [-0.3, -0.25) is 19.7 Å². The predicted molar refractivity (Wildman–Crippen MR) is 120 cm³/mol. The van der Waals surface area contributed by atoms with E-state index in [1.165, 1.54) is 0 Å². The first-order valence-corrected chi connectivity index (χ1v) is 11.2. The van der Waals surface area contributed by atoms with Crippen LogP contribution in [0.15, 0.2) is 30.6 Å². The van der Waals surface area contributed by atoms with E-state index in [2.05, 4.69) is 28.8 Å². The Labute approximate surface area is 182 Å². The van der Waals surface area contributed by atoms with Gasteiger partial charge in [-0.2, -0.15) is 5.10 Å². The van der Waals surface area contributed by atoms with E-state index in [0.29, 0.717) is 12.6 Å². The monoisotopic (exact) mass is 422 g/mol. The van der Waals surface area contributed by atoms with Gasteiger partial charge < -0.3 is 9.80 Å². The third-order valence-electron chi connectivity index (χ3n) is 6.70. The standard InChI is InChI=1S/C23H30N6O2/c1-15-12-28(23(31)17-4-5-17)22-10-18(6-7-21(22)29(15)16(2)30)19-11-25-27(13-19)14-20-8-9-24-26(20)3/h6-7,10-11,13,15,17,20,24H,4-5,8-9,12,14H2,1-3H3/t15-,20?/m0/s1. The number of nitrogens with one attached hydrogen (secondary N) is 1. The second-order valence-electron chi connectivity index (χ2n) is 9.08. The highest BCUT2D eigenvalue weighted by molar-refractivity contribution is 6.06. The lowest BCUT2D eigenvalue weighted by molar-refractivity contribution is -0.120. The van der Waals surface area contributed by atoms with Crippen LogP contribution in [-0.4, -0.2) is 58.8 Å². The zero-order valence-corrected chi connectivity index (χ0v) is 18.4.